The van der Waals surface area contributed by atoms with Crippen LogP contribution in [0.2, 0.25) is 0 Å². The Morgan fingerprint density at radius 3 is 2.48 bits per heavy atom. The van der Waals surface area contributed by atoms with Crippen LogP contribution in [0, 0.1) is 0 Å². The van der Waals surface area contributed by atoms with E-state index in [0.29, 0.717) is 18.2 Å². The zero-order valence-electron chi connectivity index (χ0n) is 15.2. The summed E-state index contributed by atoms with van der Waals surface area (Å²) in [6.07, 6.45) is 0.424. The topological polar surface area (TPSA) is 128 Å². The predicted molar refractivity (Wildman–Crippen MR) is 98.4 cm³/mol. The van der Waals surface area contributed by atoms with Crippen LogP contribution in [0.25, 0.3) is 0 Å². The molecule has 0 aliphatic carbocycles. The maximum atomic E-state index is 12.1. The van der Waals surface area contributed by atoms with Crippen LogP contribution >= 0.6 is 11.8 Å². The smallest absolute Gasteiger partial charge is 0.336 e. The van der Waals surface area contributed by atoms with Gasteiger partial charge in [-0.3, -0.25) is 4.79 Å². The predicted octanol–water partition coefficient (Wildman–Crippen LogP) is 1.40. The molecule has 0 fully saturated rings. The molecule has 2 unspecified atom stereocenters. The van der Waals surface area contributed by atoms with Gasteiger partial charge in [0.15, 0.2) is 4.87 Å². The molecule has 152 valence electrons. The number of esters is 1. The molecular weight excluding hydrogens is 398 g/mol. The number of rotatable bonds is 12. The Balaban J connectivity index is 2.60. The number of aliphatic carboxylic acids is 1. The molecule has 2 atom stereocenters. The van der Waals surface area contributed by atoms with Crippen molar-refractivity contribution in [2.75, 3.05) is 19.5 Å². The van der Waals surface area contributed by atoms with Gasteiger partial charge in [0.1, 0.15) is 0 Å². The highest BCUT2D eigenvalue weighted by Gasteiger charge is 2.37. The summed E-state index contributed by atoms with van der Waals surface area (Å²) in [6.45, 7) is 3.13. The summed E-state index contributed by atoms with van der Waals surface area (Å²) in [5.41, 5.74) is 2.02. The minimum absolute atomic E-state index is 0.0759. The Bertz CT molecular complexity index is 725. The number of benzene rings is 1. The van der Waals surface area contributed by atoms with E-state index >= 15 is 0 Å². The first kappa shape index (κ1) is 23.4. The number of hydroxylamine groups is 1. The number of hydrogen-bond acceptors (Lipinski definition) is 9. The molecule has 0 spiro atoms. The molecule has 0 saturated carbocycles. The van der Waals surface area contributed by atoms with Crippen molar-refractivity contribution in [1.29, 1.82) is 0 Å². The zero-order valence-corrected chi connectivity index (χ0v) is 16.8. The van der Waals surface area contributed by atoms with Crippen molar-refractivity contribution >= 4 is 33.8 Å². The average molecular weight is 421 g/mol. The monoisotopic (exact) mass is 421 g/mol. The molecule has 2 N–H and O–H groups in total. The van der Waals surface area contributed by atoms with E-state index in [-0.39, 0.29) is 23.4 Å². The van der Waals surface area contributed by atoms with Crippen LogP contribution in [0.15, 0.2) is 35.2 Å². The van der Waals surface area contributed by atoms with E-state index in [9.17, 15) is 23.1 Å². The van der Waals surface area contributed by atoms with Crippen molar-refractivity contribution in [3.8, 4) is 0 Å². The maximum absolute atomic E-state index is 12.1. The molecule has 0 bridgehead atoms. The van der Waals surface area contributed by atoms with Crippen LogP contribution in [0.4, 0.5) is 0 Å². The van der Waals surface area contributed by atoms with Crippen molar-refractivity contribution in [2.24, 2.45) is 0 Å². The van der Waals surface area contributed by atoms with Gasteiger partial charge in [-0.05, 0) is 26.0 Å². The summed E-state index contributed by atoms with van der Waals surface area (Å²) in [5.74, 6) is -2.36. The quantitative estimate of drug-likeness (QED) is 0.290. The van der Waals surface area contributed by atoms with Crippen LogP contribution in [0.3, 0.4) is 0 Å². The molecule has 0 aliphatic rings. The van der Waals surface area contributed by atoms with Crippen LogP contribution < -0.4 is 5.48 Å². The van der Waals surface area contributed by atoms with Crippen LogP contribution in [-0.2, 0) is 33.5 Å². The van der Waals surface area contributed by atoms with E-state index in [4.69, 9.17) is 9.47 Å². The fourth-order valence-electron chi connectivity index (χ4n) is 1.61. The standard InChI is InChI=1S/C16H23NO8S2/c1-12(23-3)9-10-24-14(18)11-26-16(2,15(19)20)17-25-27(21,22)13-7-5-4-6-8-13/h4-8,12,17H,9-11H2,1-3H3,(H,19,20). The van der Waals surface area contributed by atoms with E-state index in [1.165, 1.54) is 38.3 Å². The molecule has 0 aliphatic heterocycles. The number of carbonyl (C=O) groups is 2. The number of thioether (sulfide) groups is 1. The first-order valence-corrected chi connectivity index (χ1v) is 10.3. The van der Waals surface area contributed by atoms with Gasteiger partial charge in [0.2, 0.25) is 0 Å². The van der Waals surface area contributed by atoms with Gasteiger partial charge in [0.25, 0.3) is 0 Å². The molecular formula is C16H23NO8S2. The summed E-state index contributed by atoms with van der Waals surface area (Å²) in [6, 6.07) is 7.24. The minimum Gasteiger partial charge on any atom is -0.479 e. The summed E-state index contributed by atoms with van der Waals surface area (Å²) in [7, 11) is -2.67. The molecule has 1 aromatic carbocycles. The lowest BCUT2D eigenvalue weighted by Crippen LogP contribution is -2.48. The maximum Gasteiger partial charge on any atom is 0.336 e. The second kappa shape index (κ2) is 10.6. The third-order valence-corrected chi connectivity index (χ3v) is 5.82. The Hall–Kier alpha value is -1.66. The number of carbonyl (C=O) groups excluding carboxylic acids is 1. The summed E-state index contributed by atoms with van der Waals surface area (Å²) in [5, 5.41) is 9.37. The van der Waals surface area contributed by atoms with E-state index in [1.54, 1.807) is 6.07 Å². The van der Waals surface area contributed by atoms with Crippen molar-refractivity contribution < 1.29 is 36.9 Å². The fraction of sp³-hybridized carbons (Fsp3) is 0.500. The van der Waals surface area contributed by atoms with Gasteiger partial charge >= 0.3 is 22.1 Å². The largest absolute Gasteiger partial charge is 0.479 e. The highest BCUT2D eigenvalue weighted by Crippen LogP contribution is 2.24. The molecule has 0 heterocycles. The van der Waals surface area contributed by atoms with Crippen molar-refractivity contribution in [3.05, 3.63) is 30.3 Å². The van der Waals surface area contributed by atoms with Crippen LogP contribution in [0.1, 0.15) is 20.3 Å². The van der Waals surface area contributed by atoms with Crippen molar-refractivity contribution in [3.63, 3.8) is 0 Å². The third kappa shape index (κ3) is 7.85. The second-order valence-corrected chi connectivity index (χ2v) is 8.58. The van der Waals surface area contributed by atoms with Gasteiger partial charge in [0.05, 0.1) is 23.4 Å². The highest BCUT2D eigenvalue weighted by molar-refractivity contribution is 8.01. The number of carboxylic acids is 1. The van der Waals surface area contributed by atoms with Gasteiger partial charge in [-0.1, -0.05) is 18.2 Å². The molecule has 0 aromatic heterocycles. The molecule has 0 radical (unpaired) electrons. The van der Waals surface area contributed by atoms with Gasteiger partial charge in [-0.15, -0.1) is 11.8 Å². The number of ether oxygens (including phenoxy) is 2. The average Bonchev–Trinajstić information content (AvgIpc) is 2.65. The van der Waals surface area contributed by atoms with Crippen molar-refractivity contribution in [2.45, 2.75) is 36.1 Å². The number of methoxy groups -OCH3 is 1. The molecule has 27 heavy (non-hydrogen) atoms. The SMILES string of the molecule is COC(C)CCOC(=O)CSC(C)(NOS(=O)(=O)c1ccccc1)C(=O)O. The Kier molecular flexibility index (Phi) is 9.19. The molecule has 11 heteroatoms. The number of carboxylic acid groups (broad SMARTS) is 1. The second-order valence-electron chi connectivity index (χ2n) is 5.64. The van der Waals surface area contributed by atoms with Crippen LogP contribution in [-0.4, -0.2) is 55.9 Å². The van der Waals surface area contributed by atoms with Crippen LogP contribution in [0.5, 0.6) is 0 Å². The number of nitrogens with one attached hydrogen (secondary N) is 1. The highest BCUT2D eigenvalue weighted by atomic mass is 32.2. The number of hydrogen-bond donors (Lipinski definition) is 2. The first-order valence-electron chi connectivity index (χ1n) is 7.92. The Morgan fingerprint density at radius 2 is 1.93 bits per heavy atom. The Morgan fingerprint density at radius 1 is 1.30 bits per heavy atom. The molecule has 9 nitrogen and oxygen atoms in total. The fourth-order valence-corrected chi connectivity index (χ4v) is 3.24. The molecule has 0 amide bonds. The van der Waals surface area contributed by atoms with Gasteiger partial charge in [-0.2, -0.15) is 18.2 Å². The minimum atomic E-state index is -4.21. The molecule has 1 aromatic rings. The summed E-state index contributed by atoms with van der Waals surface area (Å²) < 4.78 is 38.8. The lowest BCUT2D eigenvalue weighted by molar-refractivity contribution is -0.142. The van der Waals surface area contributed by atoms with Crippen molar-refractivity contribution in [1.82, 2.24) is 5.48 Å². The third-order valence-electron chi connectivity index (χ3n) is 3.45. The lowest BCUT2D eigenvalue weighted by Gasteiger charge is -2.24. The van der Waals surface area contributed by atoms with Gasteiger partial charge in [-0.25, -0.2) is 4.79 Å². The lowest BCUT2D eigenvalue weighted by atomic mass is 10.3. The zero-order chi connectivity index (χ0) is 20.5. The molecule has 1 rings (SSSR count). The first-order chi connectivity index (χ1) is 12.6. The van der Waals surface area contributed by atoms with Gasteiger partial charge in [0, 0.05) is 13.5 Å². The summed E-state index contributed by atoms with van der Waals surface area (Å²) in [4.78, 5) is 21.2. The molecule has 0 saturated heterocycles. The van der Waals surface area contributed by atoms with E-state index in [0.717, 1.165) is 0 Å². The van der Waals surface area contributed by atoms with E-state index in [1.807, 2.05) is 12.4 Å². The Labute approximate surface area is 162 Å². The normalized spacial score (nSPS) is 14.9. The summed E-state index contributed by atoms with van der Waals surface area (Å²) >= 11 is 0.635. The van der Waals surface area contributed by atoms with E-state index in [2.05, 4.69) is 4.28 Å². The van der Waals surface area contributed by atoms with Gasteiger partial charge < -0.3 is 14.6 Å². The van der Waals surface area contributed by atoms with E-state index < -0.39 is 26.9 Å².